The molecular formula is C25H27NO. The van der Waals surface area contributed by atoms with Crippen molar-refractivity contribution in [2.24, 2.45) is 5.41 Å². The summed E-state index contributed by atoms with van der Waals surface area (Å²) in [4.78, 5) is 4.71. The van der Waals surface area contributed by atoms with Crippen LogP contribution in [0.1, 0.15) is 43.2 Å². The van der Waals surface area contributed by atoms with Crippen LogP contribution in [0.2, 0.25) is 0 Å². The second kappa shape index (κ2) is 6.23. The molecule has 0 saturated carbocycles. The normalized spacial score (nSPS) is 12.2. The first-order valence-corrected chi connectivity index (χ1v) is 9.61. The summed E-state index contributed by atoms with van der Waals surface area (Å²) in [5.74, 6) is 1.03. The highest BCUT2D eigenvalue weighted by molar-refractivity contribution is 6.09. The lowest BCUT2D eigenvalue weighted by atomic mass is 9.86. The Bertz CT molecular complexity index is 1140. The lowest BCUT2D eigenvalue weighted by molar-refractivity contribution is 0.407. The Labute approximate surface area is 161 Å². The molecule has 0 atom stereocenters. The van der Waals surface area contributed by atoms with Crippen LogP contribution in [0.25, 0.3) is 33.0 Å². The first kappa shape index (κ1) is 17.8. The van der Waals surface area contributed by atoms with Crippen molar-refractivity contribution < 1.29 is 4.42 Å². The van der Waals surface area contributed by atoms with Crippen LogP contribution in [0.3, 0.4) is 0 Å². The van der Waals surface area contributed by atoms with Gasteiger partial charge in [0.15, 0.2) is 0 Å². The van der Waals surface area contributed by atoms with Gasteiger partial charge < -0.3 is 4.42 Å². The molecule has 2 aromatic heterocycles. The predicted octanol–water partition coefficient (Wildman–Crippen LogP) is 7.16. The van der Waals surface area contributed by atoms with E-state index in [1.807, 2.05) is 6.20 Å². The molecule has 0 N–H and O–H groups in total. The van der Waals surface area contributed by atoms with Crippen LogP contribution in [0.15, 0.2) is 47.0 Å². The number of nitrogens with zero attached hydrogens (tertiary/aromatic N) is 1. The summed E-state index contributed by atoms with van der Waals surface area (Å²) in [6.07, 6.45) is 2.91. The number of rotatable bonds is 2. The maximum Gasteiger partial charge on any atom is 0.142 e. The minimum atomic E-state index is 0.221. The molecule has 0 fully saturated rings. The average Bonchev–Trinajstić information content (AvgIpc) is 2.88. The standard InChI is InChI=1S/C25H27NO/c1-15-11-16(2)13-18(12-15)23-19-7-8-20-22(14-25(4,5)6)17(3)27-24(20)21(19)9-10-26-23/h7-13H,14H2,1-6H3. The first-order valence-electron chi connectivity index (χ1n) is 9.61. The van der Waals surface area contributed by atoms with Gasteiger partial charge in [-0.15, -0.1) is 0 Å². The number of aryl methyl sites for hydroxylation is 3. The number of aromatic nitrogens is 1. The molecule has 4 rings (SSSR count). The number of furan rings is 1. The van der Waals surface area contributed by atoms with Gasteiger partial charge >= 0.3 is 0 Å². The third-order valence-electron chi connectivity index (χ3n) is 5.10. The zero-order valence-electron chi connectivity index (χ0n) is 17.1. The SMILES string of the molecule is Cc1cc(C)cc(-c2nccc3c2ccc2c(CC(C)(C)C)c(C)oc23)c1. The van der Waals surface area contributed by atoms with Crippen molar-refractivity contribution in [3.05, 3.63) is 65.0 Å². The number of pyridine rings is 1. The van der Waals surface area contributed by atoms with Gasteiger partial charge in [0, 0.05) is 33.5 Å². The van der Waals surface area contributed by atoms with Gasteiger partial charge in [-0.3, -0.25) is 4.98 Å². The average molecular weight is 357 g/mol. The molecule has 0 aliphatic heterocycles. The summed E-state index contributed by atoms with van der Waals surface area (Å²) in [5.41, 5.74) is 7.22. The fraction of sp³-hybridized carbons (Fsp3) is 0.320. The van der Waals surface area contributed by atoms with Crippen LogP contribution in [0, 0.1) is 26.2 Å². The van der Waals surface area contributed by atoms with Crippen LogP contribution < -0.4 is 0 Å². The Kier molecular flexibility index (Phi) is 4.10. The Balaban J connectivity index is 1.98. The molecule has 2 heteroatoms. The van der Waals surface area contributed by atoms with Gasteiger partial charge in [-0.05, 0) is 50.8 Å². The molecular weight excluding hydrogens is 330 g/mol. The Morgan fingerprint density at radius 2 is 1.52 bits per heavy atom. The van der Waals surface area contributed by atoms with Gasteiger partial charge in [0.05, 0.1) is 5.69 Å². The summed E-state index contributed by atoms with van der Waals surface area (Å²) >= 11 is 0. The summed E-state index contributed by atoms with van der Waals surface area (Å²) in [7, 11) is 0. The van der Waals surface area contributed by atoms with E-state index in [0.717, 1.165) is 39.8 Å². The van der Waals surface area contributed by atoms with Crippen LogP contribution in [0.5, 0.6) is 0 Å². The van der Waals surface area contributed by atoms with E-state index in [9.17, 15) is 0 Å². The Morgan fingerprint density at radius 1 is 0.852 bits per heavy atom. The van der Waals surface area contributed by atoms with E-state index in [-0.39, 0.29) is 5.41 Å². The van der Waals surface area contributed by atoms with Gasteiger partial charge in [0.2, 0.25) is 0 Å². The largest absolute Gasteiger partial charge is 0.460 e. The van der Waals surface area contributed by atoms with Gasteiger partial charge in [-0.25, -0.2) is 0 Å². The second-order valence-electron chi connectivity index (χ2n) is 8.95. The van der Waals surface area contributed by atoms with E-state index in [0.29, 0.717) is 0 Å². The quantitative estimate of drug-likeness (QED) is 0.380. The van der Waals surface area contributed by atoms with Crippen LogP contribution in [-0.4, -0.2) is 4.98 Å². The van der Waals surface area contributed by atoms with Gasteiger partial charge in [-0.1, -0.05) is 50.1 Å². The number of hydrogen-bond acceptors (Lipinski definition) is 2. The molecule has 2 heterocycles. The molecule has 0 saturated heterocycles. The van der Waals surface area contributed by atoms with Gasteiger partial charge in [0.1, 0.15) is 11.3 Å². The minimum Gasteiger partial charge on any atom is -0.460 e. The van der Waals surface area contributed by atoms with Gasteiger partial charge in [0.25, 0.3) is 0 Å². The van der Waals surface area contributed by atoms with Crippen LogP contribution in [0.4, 0.5) is 0 Å². The molecule has 0 spiro atoms. The zero-order chi connectivity index (χ0) is 19.3. The lowest BCUT2D eigenvalue weighted by Gasteiger charge is -2.17. The molecule has 138 valence electrons. The van der Waals surface area contributed by atoms with Crippen molar-refractivity contribution >= 4 is 21.7 Å². The Hall–Kier alpha value is -2.61. The molecule has 0 aliphatic carbocycles. The van der Waals surface area contributed by atoms with Crippen molar-refractivity contribution in [2.75, 3.05) is 0 Å². The van der Waals surface area contributed by atoms with Gasteiger partial charge in [-0.2, -0.15) is 0 Å². The molecule has 0 unspecified atom stereocenters. The number of benzene rings is 2. The van der Waals surface area contributed by atoms with Crippen molar-refractivity contribution in [3.8, 4) is 11.3 Å². The predicted molar refractivity (Wildman–Crippen MR) is 114 cm³/mol. The fourth-order valence-corrected chi connectivity index (χ4v) is 4.07. The molecule has 2 nitrogen and oxygen atoms in total. The summed E-state index contributed by atoms with van der Waals surface area (Å²) in [6, 6.07) is 13.1. The summed E-state index contributed by atoms with van der Waals surface area (Å²) in [6.45, 7) is 13.2. The monoisotopic (exact) mass is 357 g/mol. The second-order valence-corrected chi connectivity index (χ2v) is 8.95. The maximum absolute atomic E-state index is 6.27. The molecule has 0 aliphatic rings. The smallest absolute Gasteiger partial charge is 0.142 e. The molecule has 4 aromatic rings. The van der Waals surface area contributed by atoms with Crippen molar-refractivity contribution in [1.29, 1.82) is 0 Å². The molecule has 0 radical (unpaired) electrons. The molecule has 2 aromatic carbocycles. The van der Waals surface area contributed by atoms with Crippen molar-refractivity contribution in [3.63, 3.8) is 0 Å². The van der Waals surface area contributed by atoms with Crippen LogP contribution in [-0.2, 0) is 6.42 Å². The number of hydrogen-bond donors (Lipinski definition) is 0. The third kappa shape index (κ3) is 3.25. The topological polar surface area (TPSA) is 26.0 Å². The van der Waals surface area contributed by atoms with E-state index in [4.69, 9.17) is 9.40 Å². The van der Waals surface area contributed by atoms with Crippen molar-refractivity contribution in [1.82, 2.24) is 4.98 Å². The van der Waals surface area contributed by atoms with Crippen LogP contribution >= 0.6 is 0 Å². The van der Waals surface area contributed by atoms with E-state index in [1.165, 1.54) is 22.1 Å². The Morgan fingerprint density at radius 3 is 2.19 bits per heavy atom. The third-order valence-corrected chi connectivity index (χ3v) is 5.10. The highest BCUT2D eigenvalue weighted by Gasteiger charge is 2.20. The minimum absolute atomic E-state index is 0.221. The zero-order valence-corrected chi connectivity index (χ0v) is 17.1. The fourth-order valence-electron chi connectivity index (χ4n) is 4.07. The van der Waals surface area contributed by atoms with E-state index < -0.39 is 0 Å². The highest BCUT2D eigenvalue weighted by atomic mass is 16.3. The van der Waals surface area contributed by atoms with E-state index in [1.54, 1.807) is 0 Å². The lowest BCUT2D eigenvalue weighted by Crippen LogP contribution is -2.09. The molecule has 0 bridgehead atoms. The summed E-state index contributed by atoms with van der Waals surface area (Å²) < 4.78 is 6.27. The maximum atomic E-state index is 6.27. The summed E-state index contributed by atoms with van der Waals surface area (Å²) in [5, 5.41) is 3.51. The first-order chi connectivity index (χ1) is 12.7. The van der Waals surface area contributed by atoms with Crippen molar-refractivity contribution in [2.45, 2.75) is 48.0 Å². The van der Waals surface area contributed by atoms with E-state index in [2.05, 4.69) is 77.9 Å². The van der Waals surface area contributed by atoms with E-state index >= 15 is 0 Å². The molecule has 27 heavy (non-hydrogen) atoms. The highest BCUT2D eigenvalue weighted by Crippen LogP contribution is 2.37. The number of fused-ring (bicyclic) bond motifs is 3. The molecule has 0 amide bonds.